The van der Waals surface area contributed by atoms with Gasteiger partial charge in [0.15, 0.2) is 5.83 Å². The molecule has 0 atom stereocenters. The molecule has 1 aromatic carbocycles. The van der Waals surface area contributed by atoms with Crippen molar-refractivity contribution in [3.8, 4) is 11.8 Å². The number of thiophene rings is 1. The number of alkyl halides is 3. The van der Waals surface area contributed by atoms with Crippen LogP contribution in [0.4, 0.5) is 23.2 Å². The highest BCUT2D eigenvalue weighted by Crippen LogP contribution is 2.34. The lowest BCUT2D eigenvalue weighted by Crippen LogP contribution is -2.10. The molecule has 3 rings (SSSR count). The van der Waals surface area contributed by atoms with Crippen molar-refractivity contribution < 1.29 is 22.4 Å². The first-order valence-electron chi connectivity index (χ1n) is 7.46. The SMILES string of the molecule is C=C(F)C(=O)Nc1ccc2c(c1)c(C#Cc1ccc(C(F)(F)F)s1)nn2C. The van der Waals surface area contributed by atoms with Crippen molar-refractivity contribution >= 4 is 33.8 Å². The van der Waals surface area contributed by atoms with Gasteiger partial charge in [0.1, 0.15) is 10.6 Å². The number of amides is 1. The van der Waals surface area contributed by atoms with Crippen LogP contribution < -0.4 is 5.32 Å². The Bertz CT molecular complexity index is 1120. The number of hydrogen-bond donors (Lipinski definition) is 1. The molecule has 1 N–H and O–H groups in total. The van der Waals surface area contributed by atoms with E-state index in [1.807, 2.05) is 0 Å². The van der Waals surface area contributed by atoms with Crippen LogP contribution in [-0.4, -0.2) is 15.7 Å². The summed E-state index contributed by atoms with van der Waals surface area (Å²) in [7, 11) is 1.68. The van der Waals surface area contributed by atoms with E-state index in [0.29, 0.717) is 33.6 Å². The molecule has 0 fully saturated rings. The first-order valence-corrected chi connectivity index (χ1v) is 8.28. The Morgan fingerprint density at radius 3 is 2.63 bits per heavy atom. The lowest BCUT2D eigenvalue weighted by molar-refractivity contribution is -0.134. The van der Waals surface area contributed by atoms with Gasteiger partial charge in [0, 0.05) is 18.1 Å². The molecule has 0 saturated carbocycles. The molecule has 0 unspecified atom stereocenters. The Morgan fingerprint density at radius 1 is 1.26 bits per heavy atom. The Labute approximate surface area is 155 Å². The number of aryl methyl sites for hydroxylation is 1. The summed E-state index contributed by atoms with van der Waals surface area (Å²) in [5.41, 5.74) is 1.33. The van der Waals surface area contributed by atoms with Gasteiger partial charge in [-0.15, -0.1) is 11.3 Å². The van der Waals surface area contributed by atoms with Gasteiger partial charge >= 0.3 is 6.18 Å². The average Bonchev–Trinajstić information content (AvgIpc) is 3.18. The second-order valence-electron chi connectivity index (χ2n) is 5.47. The molecule has 4 nitrogen and oxygen atoms in total. The van der Waals surface area contributed by atoms with Crippen LogP contribution in [-0.2, 0) is 18.0 Å². The number of nitrogens with one attached hydrogen (secondary N) is 1. The second-order valence-corrected chi connectivity index (χ2v) is 6.56. The van der Waals surface area contributed by atoms with Crippen LogP contribution in [0.3, 0.4) is 0 Å². The van der Waals surface area contributed by atoms with Crippen molar-refractivity contribution in [2.45, 2.75) is 6.18 Å². The molecule has 0 saturated heterocycles. The summed E-state index contributed by atoms with van der Waals surface area (Å²) < 4.78 is 52.4. The molecule has 0 radical (unpaired) electrons. The van der Waals surface area contributed by atoms with Crippen molar-refractivity contribution in [3.05, 3.63) is 58.2 Å². The molecule has 0 aliphatic rings. The molecule has 27 heavy (non-hydrogen) atoms. The van der Waals surface area contributed by atoms with Gasteiger partial charge in [0.05, 0.1) is 10.4 Å². The molecule has 3 aromatic rings. The van der Waals surface area contributed by atoms with E-state index in [1.165, 1.54) is 6.07 Å². The van der Waals surface area contributed by atoms with Crippen molar-refractivity contribution in [3.63, 3.8) is 0 Å². The molecule has 0 spiro atoms. The van der Waals surface area contributed by atoms with Gasteiger partial charge in [-0.1, -0.05) is 6.58 Å². The maximum atomic E-state index is 12.8. The topological polar surface area (TPSA) is 46.9 Å². The maximum Gasteiger partial charge on any atom is 0.425 e. The summed E-state index contributed by atoms with van der Waals surface area (Å²) >= 11 is 0.544. The van der Waals surface area contributed by atoms with Gasteiger partial charge in [-0.25, -0.2) is 4.39 Å². The number of carbonyl (C=O) groups excluding carboxylic acids is 1. The van der Waals surface area contributed by atoms with Gasteiger partial charge in [-0.05, 0) is 42.2 Å². The van der Waals surface area contributed by atoms with Crippen LogP contribution in [0.5, 0.6) is 0 Å². The van der Waals surface area contributed by atoms with Crippen molar-refractivity contribution in [2.75, 3.05) is 5.32 Å². The predicted molar refractivity (Wildman–Crippen MR) is 94.9 cm³/mol. The normalized spacial score (nSPS) is 11.1. The lowest BCUT2D eigenvalue weighted by Gasteiger charge is -2.03. The lowest BCUT2D eigenvalue weighted by atomic mass is 10.2. The van der Waals surface area contributed by atoms with E-state index in [9.17, 15) is 22.4 Å². The number of rotatable bonds is 2. The van der Waals surface area contributed by atoms with Gasteiger partial charge in [-0.2, -0.15) is 18.3 Å². The third-order valence-corrected chi connectivity index (χ3v) is 4.59. The Balaban J connectivity index is 1.96. The first kappa shape index (κ1) is 18.7. The highest BCUT2D eigenvalue weighted by atomic mass is 32.1. The van der Waals surface area contributed by atoms with Gasteiger partial charge in [0.2, 0.25) is 0 Å². The van der Waals surface area contributed by atoms with Crippen LogP contribution in [0.1, 0.15) is 15.4 Å². The number of carbonyl (C=O) groups is 1. The zero-order chi connectivity index (χ0) is 19.8. The highest BCUT2D eigenvalue weighted by Gasteiger charge is 2.32. The van der Waals surface area contributed by atoms with E-state index in [2.05, 4.69) is 28.8 Å². The largest absolute Gasteiger partial charge is 0.425 e. The molecule has 0 bridgehead atoms. The zero-order valence-electron chi connectivity index (χ0n) is 13.8. The van der Waals surface area contributed by atoms with E-state index >= 15 is 0 Å². The average molecular weight is 393 g/mol. The fourth-order valence-corrected chi connectivity index (χ4v) is 3.04. The number of nitrogens with zero attached hydrogens (tertiary/aromatic N) is 2. The van der Waals surface area contributed by atoms with Crippen molar-refractivity contribution in [1.29, 1.82) is 0 Å². The van der Waals surface area contributed by atoms with Crippen molar-refractivity contribution in [2.24, 2.45) is 7.05 Å². The summed E-state index contributed by atoms with van der Waals surface area (Å²) in [5, 5.41) is 7.15. The van der Waals surface area contributed by atoms with Crippen LogP contribution >= 0.6 is 11.3 Å². The molecule has 9 heteroatoms. The minimum Gasteiger partial charge on any atom is -0.320 e. The Hall–Kier alpha value is -3.12. The second kappa shape index (κ2) is 6.89. The standard InChI is InChI=1S/C18H11F4N3OS/c1-10(19)17(26)23-11-3-7-15-13(9-11)14(24-25(15)2)6-4-12-5-8-16(27-12)18(20,21)22/h3,5,7-9H,1H2,2H3,(H,23,26). The number of hydrogen-bond acceptors (Lipinski definition) is 3. The highest BCUT2D eigenvalue weighted by molar-refractivity contribution is 7.12. The molecular formula is C18H11F4N3OS. The molecule has 2 aromatic heterocycles. The van der Waals surface area contributed by atoms with Gasteiger partial charge < -0.3 is 5.32 Å². The van der Waals surface area contributed by atoms with Gasteiger partial charge in [-0.3, -0.25) is 9.48 Å². The predicted octanol–water partition coefficient (Wildman–Crippen LogP) is 4.48. The number of benzene rings is 1. The quantitative estimate of drug-likeness (QED) is 0.397. The van der Waals surface area contributed by atoms with Crippen molar-refractivity contribution in [1.82, 2.24) is 9.78 Å². The van der Waals surface area contributed by atoms with E-state index < -0.39 is 22.8 Å². The zero-order valence-corrected chi connectivity index (χ0v) is 14.6. The molecular weight excluding hydrogens is 382 g/mol. The molecule has 1 amide bonds. The van der Waals surface area contributed by atoms with E-state index in [-0.39, 0.29) is 4.88 Å². The Morgan fingerprint density at radius 2 is 2.00 bits per heavy atom. The summed E-state index contributed by atoms with van der Waals surface area (Å²) in [6, 6.07) is 7.06. The number of aromatic nitrogens is 2. The summed E-state index contributed by atoms with van der Waals surface area (Å²) in [4.78, 5) is 10.9. The monoisotopic (exact) mass is 393 g/mol. The number of fused-ring (bicyclic) bond motifs is 1. The van der Waals surface area contributed by atoms with Crippen LogP contribution in [0.2, 0.25) is 0 Å². The summed E-state index contributed by atoms with van der Waals surface area (Å²) in [6.07, 6.45) is -4.41. The van der Waals surface area contributed by atoms with E-state index in [0.717, 1.165) is 6.07 Å². The minimum absolute atomic E-state index is 0.249. The molecule has 2 heterocycles. The van der Waals surface area contributed by atoms with Crippen LogP contribution in [0.25, 0.3) is 10.9 Å². The van der Waals surface area contributed by atoms with Crippen LogP contribution in [0, 0.1) is 11.8 Å². The van der Waals surface area contributed by atoms with E-state index in [1.54, 1.807) is 29.9 Å². The summed E-state index contributed by atoms with van der Waals surface area (Å²) in [6.45, 7) is 2.92. The molecule has 0 aliphatic carbocycles. The third-order valence-electron chi connectivity index (χ3n) is 3.54. The fraction of sp³-hybridized carbons (Fsp3) is 0.111. The number of anilines is 1. The Kier molecular flexibility index (Phi) is 4.76. The molecule has 138 valence electrons. The van der Waals surface area contributed by atoms with Gasteiger partial charge in [0.25, 0.3) is 5.91 Å². The summed E-state index contributed by atoms with van der Waals surface area (Å²) in [5.74, 6) is 3.32. The molecule has 0 aliphatic heterocycles. The fourth-order valence-electron chi connectivity index (χ4n) is 2.31. The third kappa shape index (κ3) is 4.01. The van der Waals surface area contributed by atoms with Crippen LogP contribution in [0.15, 0.2) is 42.7 Å². The van der Waals surface area contributed by atoms with E-state index in [4.69, 9.17) is 0 Å². The minimum atomic E-state index is -4.41. The smallest absolute Gasteiger partial charge is 0.320 e. The maximum absolute atomic E-state index is 12.8. The number of halogens is 4. The first-order chi connectivity index (χ1) is 12.6.